The summed E-state index contributed by atoms with van der Waals surface area (Å²) in [4.78, 5) is 22.9. The molecule has 0 fully saturated rings. The Hall–Kier alpha value is -1.94. The fourth-order valence-corrected chi connectivity index (χ4v) is 2.76. The van der Waals surface area contributed by atoms with Gasteiger partial charge in [-0.1, -0.05) is 0 Å². The van der Waals surface area contributed by atoms with Crippen LogP contribution in [0.5, 0.6) is 0 Å². The second-order valence-electron chi connectivity index (χ2n) is 3.59. The molecule has 1 amide bonds. The maximum absolute atomic E-state index is 12.0. The van der Waals surface area contributed by atoms with E-state index in [1.807, 2.05) is 0 Å². The van der Waals surface area contributed by atoms with Crippen molar-refractivity contribution < 1.29 is 14.7 Å². The maximum Gasteiger partial charge on any atom is 0.313 e. The molecule has 0 bridgehead atoms. The average Bonchev–Trinajstić information content (AvgIpc) is 3.08. The van der Waals surface area contributed by atoms with Crippen molar-refractivity contribution in [2.75, 3.05) is 18.1 Å². The average molecular weight is 313 g/mol. The first kappa shape index (κ1) is 14.5. The Labute approximate surface area is 122 Å². The van der Waals surface area contributed by atoms with Crippen LogP contribution in [0.4, 0.5) is 0 Å². The quantitative estimate of drug-likeness (QED) is 0.706. The van der Waals surface area contributed by atoms with E-state index in [0.717, 1.165) is 0 Å². The molecule has 106 valence electrons. The van der Waals surface area contributed by atoms with Crippen molar-refractivity contribution in [3.05, 3.63) is 22.7 Å². The first-order valence-electron chi connectivity index (χ1n) is 5.57. The third kappa shape index (κ3) is 3.78. The molecule has 0 spiro atoms. The number of rotatable bonds is 7. The van der Waals surface area contributed by atoms with Gasteiger partial charge in [0, 0.05) is 12.3 Å². The van der Waals surface area contributed by atoms with E-state index in [-0.39, 0.29) is 11.7 Å². The van der Waals surface area contributed by atoms with E-state index in [1.54, 1.807) is 11.4 Å². The molecule has 0 saturated carbocycles. The molecule has 2 aromatic heterocycles. The van der Waals surface area contributed by atoms with Gasteiger partial charge in [-0.3, -0.25) is 9.59 Å². The summed E-state index contributed by atoms with van der Waals surface area (Å²) in [5.41, 5.74) is 0.621. The Morgan fingerprint density at radius 3 is 3.05 bits per heavy atom. The fraction of sp³-hybridized carbons (Fsp3) is 0.300. The monoisotopic (exact) mass is 313 g/mol. The fourth-order valence-electron chi connectivity index (χ4n) is 1.40. The van der Waals surface area contributed by atoms with E-state index >= 15 is 0 Å². The summed E-state index contributed by atoms with van der Waals surface area (Å²) in [5.74, 6) is -0.504. The largest absolute Gasteiger partial charge is 0.481 e. The van der Waals surface area contributed by atoms with Gasteiger partial charge in [-0.15, -0.1) is 28.2 Å². The highest BCUT2D eigenvalue weighted by Crippen LogP contribution is 2.19. The van der Waals surface area contributed by atoms with Crippen LogP contribution in [0.15, 0.2) is 17.8 Å². The lowest BCUT2D eigenvalue weighted by Crippen LogP contribution is -2.26. The number of nitrogens with zero attached hydrogens (tertiary/aromatic N) is 4. The van der Waals surface area contributed by atoms with Gasteiger partial charge in [0.05, 0.1) is 11.4 Å². The number of nitrogens with one attached hydrogen (secondary N) is 1. The summed E-state index contributed by atoms with van der Waals surface area (Å²) >= 11 is 2.55. The Balaban J connectivity index is 1.87. The molecule has 0 radical (unpaired) electrons. The Bertz CT molecular complexity index is 583. The molecule has 10 heteroatoms. The van der Waals surface area contributed by atoms with E-state index in [4.69, 9.17) is 5.11 Å². The minimum absolute atomic E-state index is 0.0325. The zero-order valence-corrected chi connectivity index (χ0v) is 11.9. The van der Waals surface area contributed by atoms with Crippen LogP contribution in [-0.2, 0) is 4.79 Å². The molecular formula is C10H11N5O3S2. The van der Waals surface area contributed by atoms with Crippen LogP contribution < -0.4 is 5.32 Å². The molecule has 0 aromatic carbocycles. The molecular weight excluding hydrogens is 302 g/mol. The van der Waals surface area contributed by atoms with Crippen LogP contribution in [0.1, 0.15) is 9.67 Å². The van der Waals surface area contributed by atoms with Gasteiger partial charge in [-0.2, -0.15) is 4.68 Å². The highest BCUT2D eigenvalue weighted by Gasteiger charge is 2.15. The molecule has 0 unspecified atom stereocenters. The van der Waals surface area contributed by atoms with Crippen LogP contribution >= 0.6 is 23.1 Å². The molecule has 2 rings (SSSR count). The van der Waals surface area contributed by atoms with Crippen LogP contribution in [-0.4, -0.2) is 55.2 Å². The Kier molecular flexibility index (Phi) is 5.07. The number of carbonyl (C=O) groups is 2. The minimum atomic E-state index is -0.861. The summed E-state index contributed by atoms with van der Waals surface area (Å²) in [6.45, 7) is 0.406. The van der Waals surface area contributed by atoms with Crippen molar-refractivity contribution in [1.29, 1.82) is 0 Å². The van der Waals surface area contributed by atoms with Gasteiger partial charge in [0.2, 0.25) is 0 Å². The first-order valence-corrected chi connectivity index (χ1v) is 7.60. The second kappa shape index (κ2) is 7.01. The number of hydrogen-bond acceptors (Lipinski definition) is 7. The number of carbonyl (C=O) groups excluding carboxylic acids is 1. The molecule has 0 aliphatic heterocycles. The van der Waals surface area contributed by atoms with Crippen LogP contribution in [0.3, 0.4) is 0 Å². The molecule has 0 atom stereocenters. The van der Waals surface area contributed by atoms with Gasteiger partial charge in [-0.05, 0) is 21.9 Å². The lowest BCUT2D eigenvalue weighted by molar-refractivity contribution is -0.133. The van der Waals surface area contributed by atoms with Crippen molar-refractivity contribution in [3.63, 3.8) is 0 Å². The Morgan fingerprint density at radius 1 is 1.50 bits per heavy atom. The smallest absolute Gasteiger partial charge is 0.313 e. The predicted molar refractivity (Wildman–Crippen MR) is 74.3 cm³/mol. The van der Waals surface area contributed by atoms with Crippen molar-refractivity contribution in [2.45, 2.75) is 0 Å². The van der Waals surface area contributed by atoms with Crippen molar-refractivity contribution in [1.82, 2.24) is 25.5 Å². The standard InChI is InChI=1S/C10H11N5O3S2/c16-8(17)5-19-4-2-11-10(18)9-7(1-3-20-9)15-6-12-13-14-15/h1,3,6H,2,4-5H2,(H,11,18)(H,16,17). The van der Waals surface area contributed by atoms with E-state index < -0.39 is 5.97 Å². The number of carboxylic acids is 1. The number of tetrazole rings is 1. The van der Waals surface area contributed by atoms with Crippen molar-refractivity contribution >= 4 is 35.0 Å². The Morgan fingerprint density at radius 2 is 2.35 bits per heavy atom. The summed E-state index contributed by atoms with van der Waals surface area (Å²) < 4.78 is 1.42. The molecule has 0 saturated heterocycles. The third-order valence-electron chi connectivity index (χ3n) is 2.20. The minimum Gasteiger partial charge on any atom is -0.481 e. The lowest BCUT2D eigenvalue weighted by Gasteiger charge is -2.04. The SMILES string of the molecule is O=C(O)CSCCNC(=O)c1sccc1-n1cnnn1. The normalized spacial score (nSPS) is 10.4. The molecule has 0 aliphatic rings. The van der Waals surface area contributed by atoms with Gasteiger partial charge in [0.1, 0.15) is 11.2 Å². The van der Waals surface area contributed by atoms with E-state index in [9.17, 15) is 9.59 Å². The number of hydrogen-bond donors (Lipinski definition) is 2. The van der Waals surface area contributed by atoms with E-state index in [1.165, 1.54) is 34.1 Å². The number of carboxylic acid groups (broad SMARTS) is 1. The van der Waals surface area contributed by atoms with Gasteiger partial charge in [-0.25, -0.2) is 0 Å². The molecule has 2 N–H and O–H groups in total. The highest BCUT2D eigenvalue weighted by molar-refractivity contribution is 7.99. The number of thioether (sulfide) groups is 1. The molecule has 2 aromatic rings. The lowest BCUT2D eigenvalue weighted by atomic mass is 10.3. The number of aliphatic carboxylic acids is 1. The topological polar surface area (TPSA) is 110 Å². The van der Waals surface area contributed by atoms with Crippen LogP contribution in [0, 0.1) is 0 Å². The predicted octanol–water partition coefficient (Wildman–Crippen LogP) is 0.271. The molecule has 2 heterocycles. The summed E-state index contributed by atoms with van der Waals surface area (Å²) in [5, 5.41) is 23.8. The van der Waals surface area contributed by atoms with Gasteiger partial charge in [0.25, 0.3) is 5.91 Å². The van der Waals surface area contributed by atoms with Crippen molar-refractivity contribution in [3.8, 4) is 5.69 Å². The van der Waals surface area contributed by atoms with Gasteiger partial charge >= 0.3 is 5.97 Å². The zero-order valence-electron chi connectivity index (χ0n) is 10.2. The van der Waals surface area contributed by atoms with Gasteiger partial charge in [0.15, 0.2) is 0 Å². The van der Waals surface area contributed by atoms with Gasteiger partial charge < -0.3 is 10.4 Å². The summed E-state index contributed by atoms with van der Waals surface area (Å²) in [6, 6.07) is 1.76. The molecule has 20 heavy (non-hydrogen) atoms. The first-order chi connectivity index (χ1) is 9.68. The van der Waals surface area contributed by atoms with Crippen molar-refractivity contribution in [2.24, 2.45) is 0 Å². The van der Waals surface area contributed by atoms with Crippen LogP contribution in [0.25, 0.3) is 5.69 Å². The summed E-state index contributed by atoms with van der Waals surface area (Å²) in [7, 11) is 0. The highest BCUT2D eigenvalue weighted by atomic mass is 32.2. The summed E-state index contributed by atoms with van der Waals surface area (Å²) in [6.07, 6.45) is 1.42. The number of aromatic nitrogens is 4. The molecule has 8 nitrogen and oxygen atoms in total. The molecule has 0 aliphatic carbocycles. The van der Waals surface area contributed by atoms with Crippen LogP contribution in [0.2, 0.25) is 0 Å². The number of amides is 1. The number of thiophene rings is 1. The van der Waals surface area contributed by atoms with E-state index in [2.05, 4.69) is 20.8 Å². The zero-order chi connectivity index (χ0) is 14.4. The third-order valence-corrected chi connectivity index (χ3v) is 4.05. The van der Waals surface area contributed by atoms with E-state index in [0.29, 0.717) is 22.9 Å². The maximum atomic E-state index is 12.0. The second-order valence-corrected chi connectivity index (χ2v) is 5.61.